The Kier molecular flexibility index (Phi) is 3.71. The van der Waals surface area contributed by atoms with Crippen molar-refractivity contribution >= 4 is 22.5 Å². The molecule has 1 fully saturated rings. The summed E-state index contributed by atoms with van der Waals surface area (Å²) in [5.41, 5.74) is 11.3. The molecule has 0 unspecified atom stereocenters. The summed E-state index contributed by atoms with van der Waals surface area (Å²) in [5.74, 6) is 0.713. The van der Waals surface area contributed by atoms with E-state index in [4.69, 9.17) is 5.73 Å². The Morgan fingerprint density at radius 2 is 2.12 bits per heavy atom. The Morgan fingerprint density at radius 3 is 2.84 bits per heavy atom. The van der Waals surface area contributed by atoms with Gasteiger partial charge in [0.05, 0.1) is 17.3 Å². The van der Waals surface area contributed by atoms with Crippen molar-refractivity contribution in [2.24, 2.45) is 5.92 Å². The van der Waals surface area contributed by atoms with Crippen LogP contribution < -0.4 is 5.73 Å². The van der Waals surface area contributed by atoms with Gasteiger partial charge in [-0.3, -0.25) is 9.89 Å². The van der Waals surface area contributed by atoms with Gasteiger partial charge in [0.2, 0.25) is 0 Å². The Bertz CT molecular complexity index is 955. The van der Waals surface area contributed by atoms with Gasteiger partial charge in [-0.15, -0.1) is 0 Å². The number of rotatable bonds is 4. The minimum atomic E-state index is 0.0493. The summed E-state index contributed by atoms with van der Waals surface area (Å²) in [6.07, 6.45) is 4.18. The van der Waals surface area contributed by atoms with E-state index in [1.807, 2.05) is 49.2 Å². The number of nitrogens with zero attached hydrogens (tertiary/aromatic N) is 2. The van der Waals surface area contributed by atoms with Crippen LogP contribution >= 0.6 is 0 Å². The average molecular weight is 334 g/mol. The molecule has 3 aromatic rings. The molecule has 5 heteroatoms. The number of carbonyl (C=O) groups is 1. The van der Waals surface area contributed by atoms with E-state index in [-0.39, 0.29) is 5.91 Å². The molecule has 1 saturated carbocycles. The summed E-state index contributed by atoms with van der Waals surface area (Å²) in [4.78, 5) is 14.8. The molecule has 1 amide bonds. The molecule has 1 aliphatic rings. The number of fused-ring (bicyclic) bond motifs is 1. The van der Waals surface area contributed by atoms with Crippen LogP contribution in [0.2, 0.25) is 0 Å². The van der Waals surface area contributed by atoms with Crippen LogP contribution in [0.4, 0.5) is 5.69 Å². The lowest BCUT2D eigenvalue weighted by atomic mass is 9.96. The van der Waals surface area contributed by atoms with Crippen molar-refractivity contribution in [1.29, 1.82) is 0 Å². The second-order valence-corrected chi connectivity index (χ2v) is 7.06. The largest absolute Gasteiger partial charge is 0.399 e. The number of aryl methyl sites for hydroxylation is 1. The van der Waals surface area contributed by atoms with Crippen molar-refractivity contribution in [3.63, 3.8) is 0 Å². The molecule has 0 radical (unpaired) electrons. The first-order valence-electron chi connectivity index (χ1n) is 8.62. The normalized spacial score (nSPS) is 14.0. The van der Waals surface area contributed by atoms with Crippen LogP contribution in [0.15, 0.2) is 36.5 Å². The molecule has 0 aliphatic heterocycles. The van der Waals surface area contributed by atoms with Crippen LogP contribution in [-0.2, 0) is 0 Å². The van der Waals surface area contributed by atoms with Gasteiger partial charge >= 0.3 is 0 Å². The van der Waals surface area contributed by atoms with Gasteiger partial charge in [-0.25, -0.2) is 0 Å². The van der Waals surface area contributed by atoms with Crippen LogP contribution in [0.5, 0.6) is 0 Å². The van der Waals surface area contributed by atoms with Crippen molar-refractivity contribution in [3.05, 3.63) is 47.7 Å². The van der Waals surface area contributed by atoms with Crippen molar-refractivity contribution in [1.82, 2.24) is 15.1 Å². The van der Waals surface area contributed by atoms with Gasteiger partial charge in [-0.05, 0) is 66.6 Å². The molecule has 5 nitrogen and oxygen atoms in total. The first kappa shape index (κ1) is 15.7. The highest BCUT2D eigenvalue weighted by Gasteiger charge is 2.26. The fourth-order valence-electron chi connectivity index (χ4n) is 3.37. The number of benzene rings is 2. The smallest absolute Gasteiger partial charge is 0.254 e. The van der Waals surface area contributed by atoms with Gasteiger partial charge in [-0.2, -0.15) is 5.10 Å². The van der Waals surface area contributed by atoms with E-state index in [0.29, 0.717) is 11.5 Å². The molecular formula is C20H22N4O. The highest BCUT2D eigenvalue weighted by atomic mass is 16.2. The molecule has 0 bridgehead atoms. The third-order valence-corrected chi connectivity index (χ3v) is 4.93. The lowest BCUT2D eigenvalue weighted by Gasteiger charge is -2.18. The zero-order valence-corrected chi connectivity index (χ0v) is 14.5. The first-order valence-corrected chi connectivity index (χ1v) is 8.62. The van der Waals surface area contributed by atoms with Gasteiger partial charge in [0.15, 0.2) is 0 Å². The van der Waals surface area contributed by atoms with Crippen LogP contribution in [0.25, 0.3) is 22.0 Å². The number of hydrogen-bond acceptors (Lipinski definition) is 3. The quantitative estimate of drug-likeness (QED) is 0.716. The van der Waals surface area contributed by atoms with E-state index in [1.165, 1.54) is 12.8 Å². The number of anilines is 1. The second-order valence-electron chi connectivity index (χ2n) is 7.06. The number of aromatic amines is 1. The number of nitrogens with two attached hydrogens (primary N) is 1. The standard InChI is InChI=1S/C20H22N4O/c1-12-7-15(21)5-6-16(12)14-8-17(18-10-22-23-19(18)9-14)20(25)24(2)11-13-3-4-13/h5-10,13H,3-4,11,21H2,1-2H3,(H,22,23). The average Bonchev–Trinajstić information content (AvgIpc) is 3.26. The Labute approximate surface area is 146 Å². The number of H-pyrrole nitrogens is 1. The number of amides is 1. The summed E-state index contributed by atoms with van der Waals surface area (Å²) in [6.45, 7) is 2.85. The molecule has 3 N–H and O–H groups in total. The lowest BCUT2D eigenvalue weighted by molar-refractivity contribution is 0.0790. The van der Waals surface area contributed by atoms with Gasteiger partial charge < -0.3 is 10.6 Å². The van der Waals surface area contributed by atoms with Gasteiger partial charge in [-0.1, -0.05) is 6.07 Å². The zero-order chi connectivity index (χ0) is 17.6. The summed E-state index contributed by atoms with van der Waals surface area (Å²) >= 11 is 0. The first-order chi connectivity index (χ1) is 12.0. The molecule has 2 aromatic carbocycles. The number of nitrogen functional groups attached to an aromatic ring is 1. The number of carbonyl (C=O) groups excluding carboxylic acids is 1. The maximum absolute atomic E-state index is 13.0. The summed E-state index contributed by atoms with van der Waals surface area (Å²) < 4.78 is 0. The van der Waals surface area contributed by atoms with Crippen LogP contribution in [0, 0.1) is 12.8 Å². The van der Waals surface area contributed by atoms with Crippen LogP contribution in [-0.4, -0.2) is 34.6 Å². The van der Waals surface area contributed by atoms with Crippen LogP contribution in [0.3, 0.4) is 0 Å². The fraction of sp³-hybridized carbons (Fsp3) is 0.300. The molecule has 0 atom stereocenters. The highest BCUT2D eigenvalue weighted by molar-refractivity contribution is 6.07. The van der Waals surface area contributed by atoms with E-state index >= 15 is 0 Å². The summed E-state index contributed by atoms with van der Waals surface area (Å²) in [6, 6.07) is 9.86. The highest BCUT2D eigenvalue weighted by Crippen LogP contribution is 2.32. The zero-order valence-electron chi connectivity index (χ0n) is 14.5. The molecule has 128 valence electrons. The van der Waals surface area contributed by atoms with Crippen molar-refractivity contribution in [2.75, 3.05) is 19.3 Å². The maximum Gasteiger partial charge on any atom is 0.254 e. The Morgan fingerprint density at radius 1 is 1.32 bits per heavy atom. The molecule has 0 spiro atoms. The molecule has 4 rings (SSSR count). The molecular weight excluding hydrogens is 312 g/mol. The van der Waals surface area contributed by atoms with E-state index < -0.39 is 0 Å². The SMILES string of the molecule is Cc1cc(N)ccc1-c1cc(C(=O)N(C)CC2CC2)c2cn[nH]c2c1. The third-order valence-electron chi connectivity index (χ3n) is 4.93. The van der Waals surface area contributed by atoms with E-state index in [9.17, 15) is 4.79 Å². The monoisotopic (exact) mass is 334 g/mol. The topological polar surface area (TPSA) is 75.0 Å². The minimum absolute atomic E-state index is 0.0493. The number of aromatic nitrogens is 2. The van der Waals surface area contributed by atoms with E-state index in [1.54, 1.807) is 6.20 Å². The summed E-state index contributed by atoms with van der Waals surface area (Å²) in [5, 5.41) is 8.00. The second kappa shape index (κ2) is 5.92. The van der Waals surface area contributed by atoms with Gasteiger partial charge in [0, 0.05) is 24.7 Å². The third kappa shape index (κ3) is 2.97. The maximum atomic E-state index is 13.0. The van der Waals surface area contributed by atoms with Gasteiger partial charge in [0.1, 0.15) is 0 Å². The van der Waals surface area contributed by atoms with Crippen molar-refractivity contribution in [2.45, 2.75) is 19.8 Å². The van der Waals surface area contributed by atoms with E-state index in [0.717, 1.165) is 39.8 Å². The number of hydrogen-bond donors (Lipinski definition) is 2. The predicted octanol–water partition coefficient (Wildman–Crippen LogP) is 3.60. The van der Waals surface area contributed by atoms with Crippen molar-refractivity contribution < 1.29 is 4.79 Å². The van der Waals surface area contributed by atoms with Crippen molar-refractivity contribution in [3.8, 4) is 11.1 Å². The molecule has 25 heavy (non-hydrogen) atoms. The Hall–Kier alpha value is -2.82. The molecule has 1 heterocycles. The predicted molar refractivity (Wildman–Crippen MR) is 100 cm³/mol. The van der Waals surface area contributed by atoms with Crippen LogP contribution in [0.1, 0.15) is 28.8 Å². The minimum Gasteiger partial charge on any atom is -0.399 e. The fourth-order valence-corrected chi connectivity index (χ4v) is 3.37. The molecule has 1 aliphatic carbocycles. The Balaban J connectivity index is 1.80. The molecule has 1 aromatic heterocycles. The van der Waals surface area contributed by atoms with Gasteiger partial charge in [0.25, 0.3) is 5.91 Å². The van der Waals surface area contributed by atoms with E-state index in [2.05, 4.69) is 10.2 Å². The molecule has 0 saturated heterocycles. The summed E-state index contributed by atoms with van der Waals surface area (Å²) in [7, 11) is 1.88. The lowest BCUT2D eigenvalue weighted by Crippen LogP contribution is -2.28. The number of nitrogens with one attached hydrogen (secondary N) is 1.